The van der Waals surface area contributed by atoms with Crippen molar-refractivity contribution in [3.05, 3.63) is 85.0 Å². The Morgan fingerprint density at radius 1 is 1.15 bits per heavy atom. The number of nitrogens with two attached hydrogens (primary N) is 1. The second kappa shape index (κ2) is 8.70. The van der Waals surface area contributed by atoms with E-state index in [1.807, 2.05) is 42.6 Å². The molecule has 0 aliphatic carbocycles. The number of nitrogens with zero attached hydrogens (tertiary/aromatic N) is 2. The summed E-state index contributed by atoms with van der Waals surface area (Å²) in [4.78, 5) is 18.3. The van der Waals surface area contributed by atoms with Crippen molar-refractivity contribution in [2.45, 2.75) is 12.8 Å². The van der Waals surface area contributed by atoms with E-state index in [4.69, 9.17) is 5.73 Å². The van der Waals surface area contributed by atoms with Crippen molar-refractivity contribution in [2.75, 3.05) is 18.4 Å². The number of fused-ring (bicyclic) bond motifs is 2. The van der Waals surface area contributed by atoms with Gasteiger partial charge < -0.3 is 20.9 Å². The van der Waals surface area contributed by atoms with Gasteiger partial charge in [-0.3, -0.25) is 9.89 Å². The van der Waals surface area contributed by atoms with Crippen LogP contribution in [0.2, 0.25) is 0 Å². The highest BCUT2D eigenvalue weighted by Gasteiger charge is 2.14. The minimum atomic E-state index is -0.370. The largest absolute Gasteiger partial charge is 0.394 e. The highest BCUT2D eigenvalue weighted by Crippen LogP contribution is 2.34. The van der Waals surface area contributed by atoms with Crippen LogP contribution in [0.25, 0.3) is 32.9 Å². The number of H-pyrrole nitrogens is 2. The van der Waals surface area contributed by atoms with E-state index in [1.165, 1.54) is 12.8 Å². The zero-order valence-electron chi connectivity index (χ0n) is 18.3. The SMILES string of the molecule is C=C(/C=C\C=C(/N)C(=O)Nc1cc(-c2cccc3[nH]ccc23)cc2[nH]ncc12)N1CCCC1. The van der Waals surface area contributed by atoms with Gasteiger partial charge in [-0.05, 0) is 60.4 Å². The van der Waals surface area contributed by atoms with E-state index in [1.54, 1.807) is 18.3 Å². The smallest absolute Gasteiger partial charge is 0.271 e. The highest BCUT2D eigenvalue weighted by atomic mass is 16.2. The first-order valence-corrected chi connectivity index (χ1v) is 11.0. The lowest BCUT2D eigenvalue weighted by Gasteiger charge is -2.16. The van der Waals surface area contributed by atoms with Crippen LogP contribution in [-0.2, 0) is 4.79 Å². The predicted octanol–water partition coefficient (Wildman–Crippen LogP) is 4.66. The second-order valence-corrected chi connectivity index (χ2v) is 8.22. The minimum absolute atomic E-state index is 0.121. The molecule has 166 valence electrons. The number of likely N-dealkylation sites (tertiary alicyclic amines) is 1. The normalized spacial score (nSPS) is 14.5. The van der Waals surface area contributed by atoms with E-state index in [9.17, 15) is 4.79 Å². The van der Waals surface area contributed by atoms with Crippen molar-refractivity contribution in [1.29, 1.82) is 0 Å². The number of hydrogen-bond acceptors (Lipinski definition) is 4. The van der Waals surface area contributed by atoms with Crippen molar-refractivity contribution in [3.8, 4) is 11.1 Å². The monoisotopic (exact) mass is 438 g/mol. The third kappa shape index (κ3) is 4.13. The number of hydrogen-bond donors (Lipinski definition) is 4. The molecule has 1 aliphatic rings. The zero-order valence-corrected chi connectivity index (χ0v) is 18.3. The summed E-state index contributed by atoms with van der Waals surface area (Å²) in [6.45, 7) is 6.13. The Kier molecular flexibility index (Phi) is 5.44. The summed E-state index contributed by atoms with van der Waals surface area (Å²) in [5.74, 6) is -0.370. The molecule has 0 spiro atoms. The summed E-state index contributed by atoms with van der Waals surface area (Å²) in [5.41, 5.74) is 11.7. The van der Waals surface area contributed by atoms with Gasteiger partial charge in [-0.2, -0.15) is 5.10 Å². The molecule has 2 aromatic carbocycles. The molecule has 1 aliphatic heterocycles. The van der Waals surface area contributed by atoms with Gasteiger partial charge in [0.15, 0.2) is 0 Å². The lowest BCUT2D eigenvalue weighted by atomic mass is 9.99. The fourth-order valence-corrected chi connectivity index (χ4v) is 4.29. The van der Waals surface area contributed by atoms with Crippen molar-refractivity contribution < 1.29 is 4.79 Å². The predicted molar refractivity (Wildman–Crippen MR) is 133 cm³/mol. The van der Waals surface area contributed by atoms with E-state index >= 15 is 0 Å². The molecule has 2 aromatic heterocycles. The highest BCUT2D eigenvalue weighted by molar-refractivity contribution is 6.09. The number of aromatic amines is 2. The molecular formula is C26H26N6O. The molecule has 4 aromatic rings. The number of benzene rings is 2. The van der Waals surface area contributed by atoms with Crippen LogP contribution in [0.5, 0.6) is 0 Å². The minimum Gasteiger partial charge on any atom is -0.394 e. The van der Waals surface area contributed by atoms with Gasteiger partial charge in [0.05, 0.1) is 23.1 Å². The number of allylic oxidation sites excluding steroid dienone is 3. The number of nitrogens with one attached hydrogen (secondary N) is 3. The van der Waals surface area contributed by atoms with E-state index in [2.05, 4.69) is 38.0 Å². The van der Waals surface area contributed by atoms with E-state index in [0.717, 1.165) is 51.7 Å². The molecule has 0 unspecified atom stereocenters. The molecule has 5 N–H and O–H groups in total. The lowest BCUT2D eigenvalue weighted by Crippen LogP contribution is -2.20. The van der Waals surface area contributed by atoms with Crippen molar-refractivity contribution in [2.24, 2.45) is 5.73 Å². The summed E-state index contributed by atoms with van der Waals surface area (Å²) in [6, 6.07) is 12.1. The van der Waals surface area contributed by atoms with Crippen LogP contribution in [0.4, 0.5) is 5.69 Å². The fraction of sp³-hybridized carbons (Fsp3) is 0.154. The number of amides is 1. The Bertz CT molecular complexity index is 1400. The molecule has 3 heterocycles. The average Bonchev–Trinajstić information content (AvgIpc) is 3.59. The molecule has 5 rings (SSSR count). The maximum atomic E-state index is 12.8. The van der Waals surface area contributed by atoms with Crippen LogP contribution in [0, 0.1) is 0 Å². The van der Waals surface area contributed by atoms with Crippen LogP contribution in [0.1, 0.15) is 12.8 Å². The Morgan fingerprint density at radius 3 is 2.85 bits per heavy atom. The Hall–Kier alpha value is -4.26. The summed E-state index contributed by atoms with van der Waals surface area (Å²) < 4.78 is 0. The summed E-state index contributed by atoms with van der Waals surface area (Å²) in [7, 11) is 0. The van der Waals surface area contributed by atoms with Crippen LogP contribution < -0.4 is 11.1 Å². The summed E-state index contributed by atoms with van der Waals surface area (Å²) >= 11 is 0. The van der Waals surface area contributed by atoms with Gasteiger partial charge in [0.25, 0.3) is 5.91 Å². The third-order valence-electron chi connectivity index (χ3n) is 6.05. The van der Waals surface area contributed by atoms with Crippen LogP contribution in [-0.4, -0.2) is 39.1 Å². The first kappa shape index (κ1) is 20.6. The molecule has 1 saturated heterocycles. The Labute approximate surface area is 191 Å². The first-order valence-electron chi connectivity index (χ1n) is 11.0. The molecule has 1 amide bonds. The van der Waals surface area contributed by atoms with Crippen molar-refractivity contribution in [3.63, 3.8) is 0 Å². The molecule has 7 heteroatoms. The molecule has 0 saturated carbocycles. The van der Waals surface area contributed by atoms with Gasteiger partial charge in [-0.25, -0.2) is 0 Å². The summed E-state index contributed by atoms with van der Waals surface area (Å²) in [5, 5.41) is 12.0. The Morgan fingerprint density at radius 2 is 2.00 bits per heavy atom. The maximum absolute atomic E-state index is 12.8. The van der Waals surface area contributed by atoms with E-state index < -0.39 is 0 Å². The number of carbonyl (C=O) groups excluding carboxylic acids is 1. The van der Waals surface area contributed by atoms with Gasteiger partial charge in [0.2, 0.25) is 0 Å². The van der Waals surface area contributed by atoms with E-state index in [-0.39, 0.29) is 11.6 Å². The zero-order chi connectivity index (χ0) is 22.8. The lowest BCUT2D eigenvalue weighted by molar-refractivity contribution is -0.112. The van der Waals surface area contributed by atoms with E-state index in [0.29, 0.717) is 5.69 Å². The van der Waals surface area contributed by atoms with Crippen molar-refractivity contribution in [1.82, 2.24) is 20.1 Å². The number of rotatable bonds is 6. The molecule has 0 bridgehead atoms. The molecule has 0 atom stereocenters. The average molecular weight is 439 g/mol. The number of anilines is 1. The number of carbonyl (C=O) groups is 1. The van der Waals surface area contributed by atoms with Crippen LogP contribution in [0.15, 0.2) is 85.0 Å². The van der Waals surface area contributed by atoms with Gasteiger partial charge in [0, 0.05) is 41.3 Å². The maximum Gasteiger partial charge on any atom is 0.271 e. The van der Waals surface area contributed by atoms with Gasteiger partial charge in [0.1, 0.15) is 0 Å². The molecular weight excluding hydrogens is 412 g/mol. The molecule has 7 nitrogen and oxygen atoms in total. The molecule has 0 radical (unpaired) electrons. The van der Waals surface area contributed by atoms with Crippen LogP contribution >= 0.6 is 0 Å². The van der Waals surface area contributed by atoms with Crippen LogP contribution in [0.3, 0.4) is 0 Å². The molecule has 33 heavy (non-hydrogen) atoms. The van der Waals surface area contributed by atoms with Gasteiger partial charge >= 0.3 is 0 Å². The fourth-order valence-electron chi connectivity index (χ4n) is 4.29. The quantitative estimate of drug-likeness (QED) is 0.260. The second-order valence-electron chi connectivity index (χ2n) is 8.22. The van der Waals surface area contributed by atoms with Gasteiger partial charge in [-0.15, -0.1) is 0 Å². The Balaban J connectivity index is 1.40. The summed E-state index contributed by atoms with van der Waals surface area (Å²) in [6.07, 6.45) is 11.3. The third-order valence-corrected chi connectivity index (χ3v) is 6.05. The van der Waals surface area contributed by atoms with Gasteiger partial charge in [-0.1, -0.05) is 24.8 Å². The van der Waals surface area contributed by atoms with Crippen molar-refractivity contribution >= 4 is 33.4 Å². The molecule has 1 fully saturated rings. The number of aromatic nitrogens is 3. The standard InChI is InChI=1S/C26H26N6O/c1-17(32-12-2-3-13-32)6-4-8-22(27)26(33)30-24-14-18(15-25-21(24)16-29-31-25)19-7-5-9-23-20(19)10-11-28-23/h4-11,14-16,28H,1-3,12-13,27H2,(H,29,31)(H,30,33)/b6-4-,22-8-. The topological polar surface area (TPSA) is 103 Å². The first-order chi connectivity index (χ1) is 16.1.